The van der Waals surface area contributed by atoms with Crippen molar-refractivity contribution in [1.29, 1.82) is 5.26 Å². The van der Waals surface area contributed by atoms with Crippen molar-refractivity contribution in [3.05, 3.63) is 59.2 Å². The molecule has 3 fully saturated rings. The van der Waals surface area contributed by atoms with Crippen LogP contribution in [-0.2, 0) is 5.54 Å². The van der Waals surface area contributed by atoms with Crippen LogP contribution < -0.4 is 4.90 Å². The van der Waals surface area contributed by atoms with Crippen LogP contribution in [-0.4, -0.2) is 53.5 Å². The molecule has 0 radical (unpaired) electrons. The number of benzene rings is 1. The van der Waals surface area contributed by atoms with Crippen molar-refractivity contribution >= 4 is 11.7 Å². The monoisotopic (exact) mass is 433 g/mol. The van der Waals surface area contributed by atoms with E-state index in [1.165, 1.54) is 18.9 Å². The smallest absolute Gasteiger partial charge is 0.316 e. The number of rotatable bonds is 5. The Morgan fingerprint density at radius 1 is 1.28 bits per heavy atom. The quantitative estimate of drug-likeness (QED) is 0.714. The second-order valence-corrected chi connectivity index (χ2v) is 9.90. The summed E-state index contributed by atoms with van der Waals surface area (Å²) in [5.74, 6) is 0.336. The number of pyridine rings is 1. The Balaban J connectivity index is 1.50. The molecule has 0 unspecified atom stereocenters. The highest BCUT2D eigenvalue weighted by molar-refractivity contribution is 5.96. The molecule has 1 aromatic carbocycles. The van der Waals surface area contributed by atoms with Gasteiger partial charge >= 0.3 is 6.03 Å². The molecule has 2 aromatic rings. The van der Waals surface area contributed by atoms with E-state index < -0.39 is 0 Å². The highest BCUT2D eigenvalue weighted by atomic mass is 19.1. The van der Waals surface area contributed by atoms with Gasteiger partial charge in [0.15, 0.2) is 0 Å². The van der Waals surface area contributed by atoms with Crippen molar-refractivity contribution in [2.24, 2.45) is 5.92 Å². The lowest BCUT2D eigenvalue weighted by Gasteiger charge is -2.60. The lowest BCUT2D eigenvalue weighted by molar-refractivity contribution is -0.0681. The van der Waals surface area contributed by atoms with Crippen molar-refractivity contribution in [1.82, 2.24) is 14.8 Å². The first-order valence-corrected chi connectivity index (χ1v) is 11.2. The molecule has 3 aliphatic rings. The fourth-order valence-electron chi connectivity index (χ4n) is 5.60. The summed E-state index contributed by atoms with van der Waals surface area (Å²) in [6, 6.07) is 10.7. The van der Waals surface area contributed by atoms with Crippen molar-refractivity contribution < 1.29 is 9.18 Å². The Kier molecular flexibility index (Phi) is 4.75. The summed E-state index contributed by atoms with van der Waals surface area (Å²) in [6.45, 7) is 3.27. The molecule has 2 saturated carbocycles. The number of halogens is 1. The SMILES string of the molecule is Cc1cc(C#N)ncc1N1CC2(CC(c3cccc(F)c3)(N(C)C)C2)N(CC2CC2)C1=O. The summed E-state index contributed by atoms with van der Waals surface area (Å²) in [7, 11) is 4.07. The minimum atomic E-state index is -0.307. The summed E-state index contributed by atoms with van der Waals surface area (Å²) in [6.07, 6.45) is 5.49. The first-order valence-electron chi connectivity index (χ1n) is 11.2. The maximum Gasteiger partial charge on any atom is 0.325 e. The van der Waals surface area contributed by atoms with E-state index in [0.717, 1.165) is 36.2 Å². The second kappa shape index (κ2) is 7.28. The number of aryl methyl sites for hydroxylation is 1. The van der Waals surface area contributed by atoms with Crippen molar-refractivity contribution in [3.8, 4) is 6.07 Å². The van der Waals surface area contributed by atoms with Gasteiger partial charge in [0.2, 0.25) is 0 Å². The van der Waals surface area contributed by atoms with E-state index in [9.17, 15) is 9.18 Å². The molecule has 5 rings (SSSR count). The van der Waals surface area contributed by atoms with Crippen LogP contribution >= 0.6 is 0 Å². The lowest BCUT2D eigenvalue weighted by Crippen LogP contribution is -2.67. The van der Waals surface area contributed by atoms with Crippen LogP contribution in [0.4, 0.5) is 14.9 Å². The summed E-state index contributed by atoms with van der Waals surface area (Å²) in [4.78, 5) is 23.9. The molecule has 0 N–H and O–H groups in total. The molecule has 1 spiro atoms. The highest BCUT2D eigenvalue weighted by Gasteiger charge is 2.65. The standard InChI is InChI=1S/C25H28FN5O/c1-17-9-21(11-27)28-12-22(17)30-16-24(31(23(30)32)13-18-7-8-18)14-25(15-24,29(2)3)19-5-4-6-20(26)10-19/h4-6,9-10,12,18H,7-8,13-16H2,1-3H3. The lowest BCUT2D eigenvalue weighted by atomic mass is 9.58. The molecular formula is C25H28FN5O. The summed E-state index contributed by atoms with van der Waals surface area (Å²) >= 11 is 0. The van der Waals surface area contributed by atoms with E-state index in [4.69, 9.17) is 5.26 Å². The Morgan fingerprint density at radius 2 is 2.03 bits per heavy atom. The molecule has 1 saturated heterocycles. The molecule has 7 heteroatoms. The van der Waals surface area contributed by atoms with E-state index in [-0.39, 0.29) is 22.9 Å². The zero-order valence-electron chi connectivity index (χ0n) is 18.8. The normalized spacial score (nSPS) is 27.2. The average Bonchev–Trinajstić information content (AvgIpc) is 3.51. The van der Waals surface area contributed by atoms with Crippen LogP contribution in [0.5, 0.6) is 0 Å². The Hall–Kier alpha value is -2.98. The molecule has 2 aliphatic carbocycles. The zero-order chi connectivity index (χ0) is 22.7. The van der Waals surface area contributed by atoms with Gasteiger partial charge in [-0.15, -0.1) is 0 Å². The third-order valence-electron chi connectivity index (χ3n) is 7.57. The van der Waals surface area contributed by atoms with Gasteiger partial charge in [-0.1, -0.05) is 12.1 Å². The minimum absolute atomic E-state index is 0.0121. The van der Waals surface area contributed by atoms with Gasteiger partial charge in [0.05, 0.1) is 29.5 Å². The van der Waals surface area contributed by atoms with Gasteiger partial charge in [0, 0.05) is 6.54 Å². The van der Waals surface area contributed by atoms with Crippen molar-refractivity contribution in [3.63, 3.8) is 0 Å². The molecule has 0 atom stereocenters. The number of nitriles is 1. The number of hydrogen-bond acceptors (Lipinski definition) is 4. The largest absolute Gasteiger partial charge is 0.325 e. The zero-order valence-corrected chi connectivity index (χ0v) is 18.8. The third kappa shape index (κ3) is 3.17. The Morgan fingerprint density at radius 3 is 2.62 bits per heavy atom. The first kappa shape index (κ1) is 20.9. The van der Waals surface area contributed by atoms with Crippen molar-refractivity contribution in [2.75, 3.05) is 32.1 Å². The van der Waals surface area contributed by atoms with Crippen LogP contribution in [0.2, 0.25) is 0 Å². The topological polar surface area (TPSA) is 63.5 Å². The molecule has 32 heavy (non-hydrogen) atoms. The fraction of sp³-hybridized carbons (Fsp3) is 0.480. The predicted octanol–water partition coefficient (Wildman–Crippen LogP) is 4.04. The van der Waals surface area contributed by atoms with E-state index in [0.29, 0.717) is 18.2 Å². The second-order valence-electron chi connectivity index (χ2n) is 9.90. The molecule has 2 heterocycles. The first-order chi connectivity index (χ1) is 15.3. The van der Waals surface area contributed by atoms with E-state index in [1.54, 1.807) is 24.4 Å². The number of carbonyl (C=O) groups is 1. The summed E-state index contributed by atoms with van der Waals surface area (Å²) < 4.78 is 14.1. The van der Waals surface area contributed by atoms with Gasteiger partial charge in [-0.2, -0.15) is 5.26 Å². The predicted molar refractivity (Wildman–Crippen MR) is 120 cm³/mol. The number of nitrogens with zero attached hydrogens (tertiary/aromatic N) is 5. The van der Waals surface area contributed by atoms with Crippen LogP contribution in [0, 0.1) is 30.0 Å². The number of carbonyl (C=O) groups excluding carboxylic acids is 1. The summed E-state index contributed by atoms with van der Waals surface area (Å²) in [5.41, 5.74) is 2.34. The number of aromatic nitrogens is 1. The van der Waals surface area contributed by atoms with Crippen LogP contribution in [0.3, 0.4) is 0 Å². The molecule has 6 nitrogen and oxygen atoms in total. The van der Waals surface area contributed by atoms with E-state index >= 15 is 0 Å². The molecule has 0 bridgehead atoms. The van der Waals surface area contributed by atoms with E-state index in [2.05, 4.69) is 20.9 Å². The molecule has 1 aromatic heterocycles. The molecule has 1 aliphatic heterocycles. The molecule has 2 amide bonds. The van der Waals surface area contributed by atoms with Gasteiger partial charge in [-0.25, -0.2) is 14.2 Å². The fourth-order valence-corrected chi connectivity index (χ4v) is 5.60. The number of anilines is 1. The molecule has 166 valence electrons. The average molecular weight is 434 g/mol. The number of hydrogen-bond donors (Lipinski definition) is 0. The van der Waals surface area contributed by atoms with Gasteiger partial charge in [-0.3, -0.25) is 9.80 Å². The van der Waals surface area contributed by atoms with Gasteiger partial charge < -0.3 is 4.90 Å². The number of amides is 2. The van der Waals surface area contributed by atoms with Crippen LogP contribution in [0.15, 0.2) is 36.5 Å². The maximum absolute atomic E-state index is 14.1. The maximum atomic E-state index is 14.1. The van der Waals surface area contributed by atoms with Gasteiger partial charge in [-0.05, 0) is 81.9 Å². The van der Waals surface area contributed by atoms with Crippen molar-refractivity contribution in [2.45, 2.75) is 43.7 Å². The molecular weight excluding hydrogens is 405 g/mol. The van der Waals surface area contributed by atoms with Gasteiger partial charge in [0.1, 0.15) is 17.6 Å². The van der Waals surface area contributed by atoms with Crippen LogP contribution in [0.25, 0.3) is 0 Å². The Labute approximate surface area is 188 Å². The third-order valence-corrected chi connectivity index (χ3v) is 7.57. The highest BCUT2D eigenvalue weighted by Crippen LogP contribution is 2.57. The Bertz CT molecular complexity index is 1110. The minimum Gasteiger partial charge on any atom is -0.316 e. The van der Waals surface area contributed by atoms with E-state index in [1.807, 2.05) is 32.0 Å². The van der Waals surface area contributed by atoms with Crippen LogP contribution in [0.1, 0.15) is 42.5 Å². The van der Waals surface area contributed by atoms with Gasteiger partial charge in [0.25, 0.3) is 0 Å². The summed E-state index contributed by atoms with van der Waals surface area (Å²) in [5, 5.41) is 9.15. The number of urea groups is 1.